The van der Waals surface area contributed by atoms with Crippen LogP contribution in [0.5, 0.6) is 0 Å². The van der Waals surface area contributed by atoms with Crippen molar-refractivity contribution >= 4 is 56.2 Å². The van der Waals surface area contributed by atoms with Crippen LogP contribution in [0.3, 0.4) is 0 Å². The Labute approximate surface area is 159 Å². The van der Waals surface area contributed by atoms with Gasteiger partial charge in [-0.3, -0.25) is 9.69 Å². The molecule has 0 bridgehead atoms. The number of thiocarbonyl (C=S) groups is 1. The van der Waals surface area contributed by atoms with Gasteiger partial charge in [0.2, 0.25) is 0 Å². The first-order valence-corrected chi connectivity index (χ1v) is 9.37. The summed E-state index contributed by atoms with van der Waals surface area (Å²) in [7, 11) is 0. The summed E-state index contributed by atoms with van der Waals surface area (Å²) in [5.41, 5.74) is 2.14. The van der Waals surface area contributed by atoms with E-state index in [2.05, 4.69) is 15.9 Å². The lowest BCUT2D eigenvalue weighted by atomic mass is 10.2. The van der Waals surface area contributed by atoms with Crippen molar-refractivity contribution in [2.75, 3.05) is 0 Å². The zero-order chi connectivity index (χ0) is 16.9. The Morgan fingerprint density at radius 3 is 2.67 bits per heavy atom. The van der Waals surface area contributed by atoms with E-state index in [1.807, 2.05) is 72.8 Å². The van der Waals surface area contributed by atoms with Gasteiger partial charge in [-0.15, -0.1) is 0 Å². The fraction of sp³-hybridized carbons (Fsp3) is 0.0526. The van der Waals surface area contributed by atoms with Crippen molar-refractivity contribution in [1.82, 2.24) is 4.90 Å². The number of benzene rings is 2. The number of halogens is 1. The maximum absolute atomic E-state index is 12.5. The summed E-state index contributed by atoms with van der Waals surface area (Å²) < 4.78 is 1.63. The van der Waals surface area contributed by atoms with Gasteiger partial charge in [0.15, 0.2) is 0 Å². The topological polar surface area (TPSA) is 20.3 Å². The number of amides is 1. The van der Waals surface area contributed by atoms with Gasteiger partial charge in [-0.25, -0.2) is 0 Å². The molecule has 5 heteroatoms. The molecule has 1 fully saturated rings. The van der Waals surface area contributed by atoms with Crippen LogP contribution in [0.4, 0.5) is 0 Å². The number of carbonyl (C=O) groups excluding carboxylic acids is 1. The van der Waals surface area contributed by atoms with Gasteiger partial charge >= 0.3 is 0 Å². The van der Waals surface area contributed by atoms with Crippen LogP contribution < -0.4 is 0 Å². The Balaban J connectivity index is 1.71. The van der Waals surface area contributed by atoms with Crippen LogP contribution in [-0.2, 0) is 11.3 Å². The average molecular weight is 416 g/mol. The molecule has 0 N–H and O–H groups in total. The van der Waals surface area contributed by atoms with Gasteiger partial charge in [-0.05, 0) is 29.3 Å². The molecule has 2 aromatic rings. The molecule has 1 heterocycles. The Bertz CT molecular complexity index is 830. The van der Waals surface area contributed by atoms with Crippen LogP contribution in [0.15, 0.2) is 76.1 Å². The van der Waals surface area contributed by atoms with Gasteiger partial charge in [-0.1, -0.05) is 94.5 Å². The van der Waals surface area contributed by atoms with Gasteiger partial charge < -0.3 is 0 Å². The summed E-state index contributed by atoms with van der Waals surface area (Å²) in [5, 5.41) is 0. The summed E-state index contributed by atoms with van der Waals surface area (Å²) in [6.45, 7) is 0.512. The predicted octanol–water partition coefficient (Wildman–Crippen LogP) is 5.41. The fourth-order valence-electron chi connectivity index (χ4n) is 2.27. The Kier molecular flexibility index (Phi) is 5.66. The highest BCUT2D eigenvalue weighted by Gasteiger charge is 2.31. The summed E-state index contributed by atoms with van der Waals surface area (Å²) in [4.78, 5) is 14.8. The number of thioether (sulfide) groups is 1. The van der Waals surface area contributed by atoms with Gasteiger partial charge in [0.1, 0.15) is 4.32 Å². The average Bonchev–Trinajstić information content (AvgIpc) is 2.84. The number of carbonyl (C=O) groups is 1. The van der Waals surface area contributed by atoms with E-state index in [1.165, 1.54) is 11.8 Å². The molecule has 0 spiro atoms. The van der Waals surface area contributed by atoms with E-state index >= 15 is 0 Å². The zero-order valence-corrected chi connectivity index (χ0v) is 15.9. The molecule has 2 nitrogen and oxygen atoms in total. The van der Waals surface area contributed by atoms with Crippen LogP contribution in [0, 0.1) is 0 Å². The molecule has 0 aromatic heterocycles. The first-order chi connectivity index (χ1) is 11.6. The molecule has 24 heavy (non-hydrogen) atoms. The third-order valence-electron chi connectivity index (χ3n) is 3.44. The highest BCUT2D eigenvalue weighted by atomic mass is 79.9. The lowest BCUT2D eigenvalue weighted by molar-refractivity contribution is -0.122. The number of hydrogen-bond acceptors (Lipinski definition) is 3. The molecule has 0 saturated carbocycles. The van der Waals surface area contributed by atoms with Crippen molar-refractivity contribution in [3.8, 4) is 0 Å². The van der Waals surface area contributed by atoms with Gasteiger partial charge in [0, 0.05) is 4.47 Å². The number of hydrogen-bond donors (Lipinski definition) is 0. The molecule has 1 saturated heterocycles. The second-order valence-corrected chi connectivity index (χ2v) is 7.78. The van der Waals surface area contributed by atoms with Crippen LogP contribution in [0.1, 0.15) is 11.1 Å². The van der Waals surface area contributed by atoms with E-state index in [4.69, 9.17) is 12.2 Å². The van der Waals surface area contributed by atoms with Crippen molar-refractivity contribution in [3.05, 3.63) is 87.3 Å². The first-order valence-electron chi connectivity index (χ1n) is 7.35. The molecule has 120 valence electrons. The number of nitrogens with zero attached hydrogens (tertiary/aromatic N) is 1. The lowest BCUT2D eigenvalue weighted by Gasteiger charge is -2.14. The maximum atomic E-state index is 12.5. The maximum Gasteiger partial charge on any atom is 0.266 e. The molecule has 3 rings (SSSR count). The quantitative estimate of drug-likeness (QED) is 0.491. The molecule has 1 aliphatic rings. The molecular formula is C19H14BrNOS2. The van der Waals surface area contributed by atoms with Gasteiger partial charge in [-0.2, -0.15) is 0 Å². The van der Waals surface area contributed by atoms with Crippen molar-refractivity contribution in [2.24, 2.45) is 0 Å². The van der Waals surface area contributed by atoms with Crippen LogP contribution in [0.2, 0.25) is 0 Å². The minimum absolute atomic E-state index is 0.0345. The van der Waals surface area contributed by atoms with Crippen molar-refractivity contribution < 1.29 is 4.79 Å². The second kappa shape index (κ2) is 7.92. The summed E-state index contributed by atoms with van der Waals surface area (Å²) in [6.07, 6.45) is 5.68. The van der Waals surface area contributed by atoms with E-state index in [-0.39, 0.29) is 5.91 Å². The molecule has 2 aromatic carbocycles. The first kappa shape index (κ1) is 17.1. The normalized spacial score (nSPS) is 16.5. The zero-order valence-electron chi connectivity index (χ0n) is 12.7. The van der Waals surface area contributed by atoms with E-state index in [0.29, 0.717) is 15.8 Å². The molecule has 0 atom stereocenters. The standard InChI is InChI=1S/C19H14BrNOS2/c20-16-10-4-8-14(12-16)9-5-11-17-18(22)21(19(23)24-17)13-15-6-2-1-3-7-15/h1-12H,13H2/b9-5+,17-11-. The Morgan fingerprint density at radius 2 is 1.92 bits per heavy atom. The summed E-state index contributed by atoms with van der Waals surface area (Å²) in [5.74, 6) is -0.0345. The Morgan fingerprint density at radius 1 is 1.12 bits per heavy atom. The molecule has 0 radical (unpaired) electrons. The highest BCUT2D eigenvalue weighted by Crippen LogP contribution is 2.32. The van der Waals surface area contributed by atoms with Crippen molar-refractivity contribution in [3.63, 3.8) is 0 Å². The van der Waals surface area contributed by atoms with E-state index in [0.717, 1.165) is 15.6 Å². The molecule has 1 amide bonds. The number of rotatable bonds is 4. The minimum Gasteiger partial charge on any atom is -0.288 e. The van der Waals surface area contributed by atoms with Crippen LogP contribution in [0.25, 0.3) is 6.08 Å². The molecule has 0 unspecified atom stereocenters. The monoisotopic (exact) mass is 415 g/mol. The third kappa shape index (κ3) is 4.23. The number of allylic oxidation sites excluding steroid dienone is 2. The van der Waals surface area contributed by atoms with Crippen molar-refractivity contribution in [1.29, 1.82) is 0 Å². The largest absolute Gasteiger partial charge is 0.288 e. The summed E-state index contributed by atoms with van der Waals surface area (Å²) >= 11 is 10.1. The van der Waals surface area contributed by atoms with E-state index in [1.54, 1.807) is 4.90 Å². The van der Waals surface area contributed by atoms with Crippen LogP contribution >= 0.6 is 39.9 Å². The minimum atomic E-state index is -0.0345. The summed E-state index contributed by atoms with van der Waals surface area (Å²) in [6, 6.07) is 17.9. The Hall–Kier alpha value is -1.69. The van der Waals surface area contributed by atoms with E-state index in [9.17, 15) is 4.79 Å². The van der Waals surface area contributed by atoms with Crippen molar-refractivity contribution in [2.45, 2.75) is 6.54 Å². The second-order valence-electron chi connectivity index (χ2n) is 5.19. The van der Waals surface area contributed by atoms with E-state index < -0.39 is 0 Å². The fourth-order valence-corrected chi connectivity index (χ4v) is 3.90. The lowest BCUT2D eigenvalue weighted by Crippen LogP contribution is -2.27. The molecule has 0 aliphatic carbocycles. The third-order valence-corrected chi connectivity index (χ3v) is 5.33. The smallest absolute Gasteiger partial charge is 0.266 e. The molecule has 1 aliphatic heterocycles. The van der Waals surface area contributed by atoms with Gasteiger partial charge in [0.05, 0.1) is 11.4 Å². The van der Waals surface area contributed by atoms with Crippen LogP contribution in [-0.4, -0.2) is 15.1 Å². The highest BCUT2D eigenvalue weighted by molar-refractivity contribution is 9.10. The SMILES string of the molecule is O=C1/C(=C/C=C/c2cccc(Br)c2)SC(=S)N1Cc1ccccc1. The predicted molar refractivity (Wildman–Crippen MR) is 108 cm³/mol. The molecular weight excluding hydrogens is 402 g/mol. The van der Waals surface area contributed by atoms with Gasteiger partial charge in [0.25, 0.3) is 5.91 Å².